The lowest BCUT2D eigenvalue weighted by molar-refractivity contribution is -0.128. The van der Waals surface area contributed by atoms with Crippen LogP contribution in [0.2, 0.25) is 0 Å². The average Bonchev–Trinajstić information content (AvgIpc) is 2.91. The third-order valence-corrected chi connectivity index (χ3v) is 3.52. The highest BCUT2D eigenvalue weighted by Crippen LogP contribution is 2.29. The first-order chi connectivity index (χ1) is 11.9. The first-order valence-electron chi connectivity index (χ1n) is 7.76. The molecule has 134 valence electrons. The zero-order valence-corrected chi connectivity index (χ0v) is 14.5. The van der Waals surface area contributed by atoms with Crippen molar-refractivity contribution in [1.82, 2.24) is 10.6 Å². The third-order valence-electron chi connectivity index (χ3n) is 3.52. The van der Waals surface area contributed by atoms with Gasteiger partial charge in [0.15, 0.2) is 6.10 Å². The number of carbonyl (C=O) groups excluding carboxylic acids is 3. The van der Waals surface area contributed by atoms with Crippen LogP contribution in [0, 0.1) is 6.92 Å². The van der Waals surface area contributed by atoms with Gasteiger partial charge in [0.25, 0.3) is 5.91 Å². The quantitative estimate of drug-likeness (QED) is 0.802. The van der Waals surface area contributed by atoms with Crippen molar-refractivity contribution in [3.05, 3.63) is 29.5 Å². The second kappa shape index (κ2) is 7.69. The molecule has 1 aromatic carbocycles. The highest BCUT2D eigenvalue weighted by atomic mass is 16.6. The number of furan rings is 1. The summed E-state index contributed by atoms with van der Waals surface area (Å²) in [6.45, 7) is 5.48. The summed E-state index contributed by atoms with van der Waals surface area (Å²) in [5.41, 5.74) is 1.09. The lowest BCUT2D eigenvalue weighted by Crippen LogP contribution is -2.43. The van der Waals surface area contributed by atoms with Crippen molar-refractivity contribution in [3.8, 4) is 5.75 Å². The maximum absolute atomic E-state index is 12.3. The number of carbonyl (C=O) groups is 3. The predicted octanol–water partition coefficient (Wildman–Crippen LogP) is 2.14. The number of urea groups is 1. The molecule has 0 unspecified atom stereocenters. The second-order valence-corrected chi connectivity index (χ2v) is 5.26. The molecule has 25 heavy (non-hydrogen) atoms. The van der Waals surface area contributed by atoms with E-state index >= 15 is 0 Å². The van der Waals surface area contributed by atoms with Crippen LogP contribution in [0.25, 0.3) is 11.0 Å². The van der Waals surface area contributed by atoms with Gasteiger partial charge < -0.3 is 19.2 Å². The van der Waals surface area contributed by atoms with E-state index in [9.17, 15) is 14.4 Å². The number of ether oxygens (including phenoxy) is 2. The highest BCUT2D eigenvalue weighted by molar-refractivity contribution is 6.00. The fourth-order valence-corrected chi connectivity index (χ4v) is 2.19. The van der Waals surface area contributed by atoms with Crippen LogP contribution in [0.5, 0.6) is 5.75 Å². The summed E-state index contributed by atoms with van der Waals surface area (Å²) in [7, 11) is 1.37. The van der Waals surface area contributed by atoms with Crippen molar-refractivity contribution < 1.29 is 28.3 Å². The number of fused-ring (bicyclic) bond motifs is 1. The van der Waals surface area contributed by atoms with E-state index in [2.05, 4.69) is 5.32 Å². The molecule has 0 aliphatic carbocycles. The molecule has 0 aliphatic rings. The highest BCUT2D eigenvalue weighted by Gasteiger charge is 2.25. The molecule has 2 rings (SSSR count). The maximum Gasteiger partial charge on any atom is 0.375 e. The van der Waals surface area contributed by atoms with Gasteiger partial charge in [0, 0.05) is 18.0 Å². The van der Waals surface area contributed by atoms with E-state index in [-0.39, 0.29) is 5.76 Å². The Balaban J connectivity index is 2.17. The van der Waals surface area contributed by atoms with Crippen molar-refractivity contribution in [1.29, 1.82) is 0 Å². The minimum Gasteiger partial charge on any atom is -0.494 e. The molecule has 0 bridgehead atoms. The Hall–Kier alpha value is -3.03. The Bertz CT molecular complexity index is 811. The number of rotatable bonds is 5. The predicted molar refractivity (Wildman–Crippen MR) is 89.6 cm³/mol. The Labute approximate surface area is 144 Å². The smallest absolute Gasteiger partial charge is 0.375 e. The molecule has 0 saturated heterocycles. The van der Waals surface area contributed by atoms with E-state index < -0.39 is 24.0 Å². The first-order valence-corrected chi connectivity index (χ1v) is 7.76. The van der Waals surface area contributed by atoms with Gasteiger partial charge in [-0.3, -0.25) is 10.1 Å². The summed E-state index contributed by atoms with van der Waals surface area (Å²) in [6.07, 6.45) is -1.16. The summed E-state index contributed by atoms with van der Waals surface area (Å²) < 4.78 is 16.0. The minimum atomic E-state index is -1.16. The third kappa shape index (κ3) is 4.09. The molecule has 1 atom stereocenters. The number of nitrogens with one attached hydrogen (secondary N) is 2. The van der Waals surface area contributed by atoms with Crippen LogP contribution in [0.15, 0.2) is 22.6 Å². The van der Waals surface area contributed by atoms with Crippen molar-refractivity contribution in [2.45, 2.75) is 26.9 Å². The number of hydrogen-bond donors (Lipinski definition) is 2. The molecule has 0 radical (unpaired) electrons. The Morgan fingerprint density at radius 1 is 1.28 bits per heavy atom. The van der Waals surface area contributed by atoms with Crippen molar-refractivity contribution in [2.24, 2.45) is 0 Å². The van der Waals surface area contributed by atoms with Gasteiger partial charge >= 0.3 is 12.0 Å². The first kappa shape index (κ1) is 18.3. The van der Waals surface area contributed by atoms with Crippen LogP contribution in [0.4, 0.5) is 4.79 Å². The van der Waals surface area contributed by atoms with E-state index in [1.165, 1.54) is 14.0 Å². The monoisotopic (exact) mass is 348 g/mol. The topological polar surface area (TPSA) is 107 Å². The van der Waals surface area contributed by atoms with E-state index in [0.29, 0.717) is 23.5 Å². The molecule has 8 nitrogen and oxygen atoms in total. The molecular weight excluding hydrogens is 328 g/mol. The molecular formula is C17H20N2O6. The van der Waals surface area contributed by atoms with E-state index in [1.807, 2.05) is 12.2 Å². The SMILES string of the molecule is CCOc1ccc2oc(C(=O)O[C@H](C)C(=O)NC(=O)NC)c(C)c2c1. The summed E-state index contributed by atoms with van der Waals surface area (Å²) >= 11 is 0. The van der Waals surface area contributed by atoms with Crippen LogP contribution in [-0.4, -0.2) is 37.7 Å². The number of benzene rings is 1. The van der Waals surface area contributed by atoms with Gasteiger partial charge in [-0.15, -0.1) is 0 Å². The van der Waals surface area contributed by atoms with Crippen molar-refractivity contribution >= 4 is 28.9 Å². The van der Waals surface area contributed by atoms with E-state index in [4.69, 9.17) is 13.9 Å². The van der Waals surface area contributed by atoms with Gasteiger partial charge in [-0.2, -0.15) is 0 Å². The average molecular weight is 348 g/mol. The van der Waals surface area contributed by atoms with Gasteiger partial charge in [0.05, 0.1) is 6.61 Å². The number of amides is 3. The van der Waals surface area contributed by atoms with Crippen LogP contribution >= 0.6 is 0 Å². The lowest BCUT2D eigenvalue weighted by Gasteiger charge is -2.11. The van der Waals surface area contributed by atoms with Gasteiger partial charge in [-0.1, -0.05) is 0 Å². The molecule has 3 amide bonds. The molecule has 0 saturated carbocycles. The number of hydrogen-bond acceptors (Lipinski definition) is 6. The summed E-state index contributed by atoms with van der Waals surface area (Å²) in [5, 5.41) is 4.99. The van der Waals surface area contributed by atoms with Crippen LogP contribution in [-0.2, 0) is 9.53 Å². The zero-order chi connectivity index (χ0) is 18.6. The van der Waals surface area contributed by atoms with Crippen LogP contribution < -0.4 is 15.4 Å². The van der Waals surface area contributed by atoms with E-state index in [1.54, 1.807) is 25.1 Å². The Morgan fingerprint density at radius 2 is 2.00 bits per heavy atom. The summed E-state index contributed by atoms with van der Waals surface area (Å²) in [6, 6.07) is 4.53. The molecule has 1 aromatic heterocycles. The van der Waals surface area contributed by atoms with Gasteiger partial charge in [-0.25, -0.2) is 9.59 Å². The fraction of sp³-hybridized carbons (Fsp3) is 0.353. The molecule has 8 heteroatoms. The van der Waals surface area contributed by atoms with Gasteiger partial charge in [-0.05, 0) is 39.0 Å². The van der Waals surface area contributed by atoms with E-state index in [0.717, 1.165) is 5.39 Å². The standard InChI is InChI=1S/C17H20N2O6/c1-5-23-11-6-7-13-12(8-11)9(2)14(25-13)16(21)24-10(3)15(20)19-17(22)18-4/h6-8,10H,5H2,1-4H3,(H2,18,19,20,22)/t10-/m1/s1. The number of aryl methyl sites for hydroxylation is 1. The minimum absolute atomic E-state index is 0.00300. The lowest BCUT2D eigenvalue weighted by atomic mass is 10.1. The Kier molecular flexibility index (Phi) is 5.63. The van der Waals surface area contributed by atoms with Crippen LogP contribution in [0.1, 0.15) is 30.0 Å². The molecule has 2 aromatic rings. The number of esters is 1. The van der Waals surface area contributed by atoms with Crippen molar-refractivity contribution in [2.75, 3.05) is 13.7 Å². The number of imide groups is 1. The molecule has 0 spiro atoms. The van der Waals surface area contributed by atoms with Gasteiger partial charge in [0.1, 0.15) is 11.3 Å². The molecule has 1 heterocycles. The second-order valence-electron chi connectivity index (χ2n) is 5.26. The molecule has 0 fully saturated rings. The van der Waals surface area contributed by atoms with Crippen LogP contribution in [0.3, 0.4) is 0 Å². The van der Waals surface area contributed by atoms with Gasteiger partial charge in [0.2, 0.25) is 5.76 Å². The zero-order valence-electron chi connectivity index (χ0n) is 14.5. The van der Waals surface area contributed by atoms with Crippen molar-refractivity contribution in [3.63, 3.8) is 0 Å². The molecule has 2 N–H and O–H groups in total. The summed E-state index contributed by atoms with van der Waals surface area (Å²) in [5.74, 6) is -0.855. The largest absolute Gasteiger partial charge is 0.494 e. The fourth-order valence-electron chi connectivity index (χ4n) is 2.19. The summed E-state index contributed by atoms with van der Waals surface area (Å²) in [4.78, 5) is 35.2. The normalized spacial score (nSPS) is 11.7. The maximum atomic E-state index is 12.3. The Morgan fingerprint density at radius 3 is 2.64 bits per heavy atom. The molecule has 0 aliphatic heterocycles.